The fourth-order valence-corrected chi connectivity index (χ4v) is 3.88. The molecule has 0 amide bonds. The van der Waals surface area contributed by atoms with Gasteiger partial charge in [0.2, 0.25) is 10.0 Å². The van der Waals surface area contributed by atoms with Gasteiger partial charge < -0.3 is 0 Å². The van der Waals surface area contributed by atoms with E-state index < -0.39 is 10.0 Å². The molecule has 2 aromatic rings. The molecule has 0 bridgehead atoms. The quantitative estimate of drug-likeness (QED) is 0.902. The molecule has 0 aromatic heterocycles. The second-order valence-corrected chi connectivity index (χ2v) is 7.74. The van der Waals surface area contributed by atoms with Gasteiger partial charge in [0, 0.05) is 6.54 Å². The fourth-order valence-electron chi connectivity index (χ4n) is 2.45. The Morgan fingerprint density at radius 1 is 1.00 bits per heavy atom. The zero-order valence-electron chi connectivity index (χ0n) is 13.9. The van der Waals surface area contributed by atoms with Gasteiger partial charge in [-0.15, -0.1) is 0 Å². The summed E-state index contributed by atoms with van der Waals surface area (Å²) < 4.78 is 40.7. The third-order valence-corrected chi connectivity index (χ3v) is 5.66. The Kier molecular flexibility index (Phi) is 5.22. The number of hydrogen-bond acceptors (Lipinski definition) is 2. The van der Waals surface area contributed by atoms with E-state index in [-0.39, 0.29) is 18.3 Å². The van der Waals surface area contributed by atoms with Crippen molar-refractivity contribution in [3.63, 3.8) is 0 Å². The van der Waals surface area contributed by atoms with E-state index in [1.807, 2.05) is 26.8 Å². The van der Waals surface area contributed by atoms with Crippen LogP contribution in [0.3, 0.4) is 0 Å². The van der Waals surface area contributed by atoms with Crippen LogP contribution in [0.2, 0.25) is 0 Å². The van der Waals surface area contributed by atoms with E-state index in [9.17, 15) is 12.8 Å². The van der Waals surface area contributed by atoms with E-state index in [4.69, 9.17) is 0 Å². The predicted molar refractivity (Wildman–Crippen MR) is 90.7 cm³/mol. The van der Waals surface area contributed by atoms with Crippen molar-refractivity contribution in [2.75, 3.05) is 6.54 Å². The van der Waals surface area contributed by atoms with E-state index in [0.29, 0.717) is 4.90 Å². The third kappa shape index (κ3) is 4.18. The maximum atomic E-state index is 12.9. The number of rotatable bonds is 5. The van der Waals surface area contributed by atoms with Gasteiger partial charge in [-0.2, -0.15) is 0 Å². The Labute approximate surface area is 137 Å². The lowest BCUT2D eigenvalue weighted by molar-refractivity contribution is 0.573. The Hall–Kier alpha value is -1.72. The first-order valence-electron chi connectivity index (χ1n) is 7.53. The van der Waals surface area contributed by atoms with Crippen LogP contribution in [0.25, 0.3) is 0 Å². The van der Waals surface area contributed by atoms with Crippen molar-refractivity contribution in [1.29, 1.82) is 0 Å². The molecule has 5 heteroatoms. The number of aryl methyl sites for hydroxylation is 3. The lowest BCUT2D eigenvalue weighted by Crippen LogP contribution is -2.28. The van der Waals surface area contributed by atoms with Gasteiger partial charge in [0.15, 0.2) is 0 Å². The normalized spacial score (nSPS) is 13.1. The van der Waals surface area contributed by atoms with Crippen LogP contribution >= 0.6 is 0 Å². The lowest BCUT2D eigenvalue weighted by atomic mass is 10.0. The molecule has 0 saturated heterocycles. The standard InChI is InChI=1S/C18H22FNO2S/c1-12-9-14(3)18(10-13(12)2)23(21,22)20-11-15(4)16-5-7-17(19)8-6-16/h5-10,15,20H,11H2,1-4H3. The summed E-state index contributed by atoms with van der Waals surface area (Å²) in [5.41, 5.74) is 3.64. The summed E-state index contributed by atoms with van der Waals surface area (Å²) >= 11 is 0. The molecular formula is C18H22FNO2S. The van der Waals surface area contributed by atoms with Crippen LogP contribution in [-0.4, -0.2) is 15.0 Å². The molecule has 0 saturated carbocycles. The van der Waals surface area contributed by atoms with Crippen molar-refractivity contribution in [1.82, 2.24) is 4.72 Å². The number of sulfonamides is 1. The minimum atomic E-state index is -3.57. The van der Waals surface area contributed by atoms with Crippen molar-refractivity contribution >= 4 is 10.0 Å². The lowest BCUT2D eigenvalue weighted by Gasteiger charge is -2.15. The van der Waals surface area contributed by atoms with Gasteiger partial charge in [0.1, 0.15) is 5.82 Å². The predicted octanol–water partition coefficient (Wildman–Crippen LogP) is 3.83. The fraction of sp³-hybridized carbons (Fsp3) is 0.333. The molecule has 23 heavy (non-hydrogen) atoms. The SMILES string of the molecule is Cc1cc(C)c(S(=O)(=O)NCC(C)c2ccc(F)cc2)cc1C. The van der Waals surface area contributed by atoms with Crippen LogP contribution in [0.4, 0.5) is 4.39 Å². The average Bonchev–Trinajstić information content (AvgIpc) is 2.49. The zero-order valence-corrected chi connectivity index (χ0v) is 14.7. The van der Waals surface area contributed by atoms with Crippen LogP contribution in [0.5, 0.6) is 0 Å². The van der Waals surface area contributed by atoms with Crippen molar-refractivity contribution in [2.24, 2.45) is 0 Å². The first-order valence-corrected chi connectivity index (χ1v) is 9.02. The van der Waals surface area contributed by atoms with E-state index in [1.54, 1.807) is 25.1 Å². The van der Waals surface area contributed by atoms with Crippen molar-refractivity contribution < 1.29 is 12.8 Å². The van der Waals surface area contributed by atoms with Crippen LogP contribution in [-0.2, 0) is 10.0 Å². The molecule has 1 atom stereocenters. The average molecular weight is 335 g/mol. The highest BCUT2D eigenvalue weighted by atomic mass is 32.2. The zero-order chi connectivity index (χ0) is 17.2. The van der Waals surface area contributed by atoms with Crippen molar-refractivity contribution in [2.45, 2.75) is 38.5 Å². The number of hydrogen-bond donors (Lipinski definition) is 1. The highest BCUT2D eigenvalue weighted by Gasteiger charge is 2.19. The first kappa shape index (κ1) is 17.6. The molecule has 0 spiro atoms. The second-order valence-electron chi connectivity index (χ2n) is 6.01. The van der Waals surface area contributed by atoms with E-state index in [1.165, 1.54) is 12.1 Å². The van der Waals surface area contributed by atoms with Crippen LogP contribution in [0.15, 0.2) is 41.3 Å². The Morgan fingerprint density at radius 3 is 2.17 bits per heavy atom. The van der Waals surface area contributed by atoms with Crippen LogP contribution < -0.4 is 4.72 Å². The van der Waals surface area contributed by atoms with Gasteiger partial charge in [-0.25, -0.2) is 17.5 Å². The highest BCUT2D eigenvalue weighted by Crippen LogP contribution is 2.21. The molecule has 2 rings (SSSR count). The molecule has 2 aromatic carbocycles. The monoisotopic (exact) mass is 335 g/mol. The molecule has 0 aliphatic heterocycles. The Morgan fingerprint density at radius 2 is 1.57 bits per heavy atom. The summed E-state index contributed by atoms with van der Waals surface area (Å²) in [5, 5.41) is 0. The Bertz CT molecular complexity index is 799. The van der Waals surface area contributed by atoms with E-state index in [0.717, 1.165) is 22.3 Å². The summed E-state index contributed by atoms with van der Waals surface area (Å²) in [4.78, 5) is 0.312. The molecule has 1 N–H and O–H groups in total. The number of nitrogens with one attached hydrogen (secondary N) is 1. The van der Waals surface area contributed by atoms with E-state index in [2.05, 4.69) is 4.72 Å². The van der Waals surface area contributed by atoms with Gasteiger partial charge in [0.05, 0.1) is 4.90 Å². The molecule has 0 heterocycles. The van der Waals surface area contributed by atoms with Gasteiger partial charge in [-0.1, -0.05) is 25.1 Å². The molecule has 0 fully saturated rings. The summed E-state index contributed by atoms with van der Waals surface area (Å²) in [6.07, 6.45) is 0. The molecule has 0 radical (unpaired) electrons. The minimum Gasteiger partial charge on any atom is -0.211 e. The van der Waals surface area contributed by atoms with Gasteiger partial charge in [-0.05, 0) is 67.1 Å². The smallest absolute Gasteiger partial charge is 0.211 e. The Balaban J connectivity index is 2.16. The van der Waals surface area contributed by atoms with Crippen molar-refractivity contribution in [3.05, 3.63) is 64.5 Å². The molecule has 0 aliphatic rings. The van der Waals surface area contributed by atoms with Crippen LogP contribution in [0, 0.1) is 26.6 Å². The summed E-state index contributed by atoms with van der Waals surface area (Å²) in [6, 6.07) is 9.70. The molecule has 3 nitrogen and oxygen atoms in total. The number of benzene rings is 2. The van der Waals surface area contributed by atoms with Gasteiger partial charge in [-0.3, -0.25) is 0 Å². The summed E-state index contributed by atoms with van der Waals surface area (Å²) in [7, 11) is -3.57. The third-order valence-electron chi connectivity index (χ3n) is 4.10. The van der Waals surface area contributed by atoms with E-state index >= 15 is 0 Å². The molecule has 1 unspecified atom stereocenters. The maximum Gasteiger partial charge on any atom is 0.240 e. The molecule has 0 aliphatic carbocycles. The highest BCUT2D eigenvalue weighted by molar-refractivity contribution is 7.89. The maximum absolute atomic E-state index is 12.9. The van der Waals surface area contributed by atoms with Crippen LogP contribution in [0.1, 0.15) is 35.1 Å². The second kappa shape index (κ2) is 6.81. The molecule has 124 valence electrons. The minimum absolute atomic E-state index is 0.0442. The topological polar surface area (TPSA) is 46.2 Å². The van der Waals surface area contributed by atoms with Gasteiger partial charge >= 0.3 is 0 Å². The number of halogens is 1. The molecular weight excluding hydrogens is 313 g/mol. The van der Waals surface area contributed by atoms with Crippen molar-refractivity contribution in [3.8, 4) is 0 Å². The first-order chi connectivity index (χ1) is 10.7. The van der Waals surface area contributed by atoms with Gasteiger partial charge in [0.25, 0.3) is 0 Å². The largest absolute Gasteiger partial charge is 0.240 e. The summed E-state index contributed by atoms with van der Waals surface area (Å²) in [5.74, 6) is -0.343. The summed E-state index contributed by atoms with van der Waals surface area (Å²) in [6.45, 7) is 7.82.